The van der Waals surface area contributed by atoms with Crippen LogP contribution < -0.4 is 37.2 Å². The Balaban J connectivity index is 1.98. The first-order valence-electron chi connectivity index (χ1n) is 19.6. The zero-order chi connectivity index (χ0) is 42.2. The molecule has 7 N–H and O–H groups in total. The summed E-state index contributed by atoms with van der Waals surface area (Å²) in [7, 11) is 0. The van der Waals surface area contributed by atoms with E-state index in [-0.39, 0.29) is 36.4 Å². The van der Waals surface area contributed by atoms with Gasteiger partial charge in [0.2, 0.25) is 17.7 Å². The van der Waals surface area contributed by atoms with Crippen molar-refractivity contribution in [3.63, 3.8) is 0 Å². The lowest BCUT2D eigenvalue weighted by Gasteiger charge is -2.37. The van der Waals surface area contributed by atoms with Gasteiger partial charge in [0.1, 0.15) is 30.3 Å². The summed E-state index contributed by atoms with van der Waals surface area (Å²) < 4.78 is 10.3. The Hall–Kier alpha value is -4.57. The lowest BCUT2D eigenvalue weighted by atomic mass is 9.88. The van der Waals surface area contributed by atoms with E-state index in [1.165, 1.54) is 13.8 Å². The number of rotatable bonds is 18. The third kappa shape index (κ3) is 17.9. The van der Waals surface area contributed by atoms with Crippen LogP contribution in [0.5, 0.6) is 0 Å². The summed E-state index contributed by atoms with van der Waals surface area (Å²) in [6.07, 6.45) is 2.23. The van der Waals surface area contributed by atoms with Crippen molar-refractivity contribution in [2.75, 3.05) is 0 Å². The molecular formula is C40H65N7O9. The van der Waals surface area contributed by atoms with Gasteiger partial charge in [0, 0.05) is 12.1 Å². The standard InChI is InChI=1S/C40H65N7O9/c1-23(2)20-31(36(51)45-32(21-24(3)4)37(52)47-39(54)56-40(8,9)10)44-30-19-15-14-18-29(30)41-25(5)33(48)42-26(6)34(49)43-27(7)35(50)46-38(53)55-22-28-16-12-11-13-17-28/h11-13,16-17,23-27,29-32,41,44H,14-15,18-22H2,1-10H3,(H,42,48)(H,43,49)(H,45,51)(H,46,50,53)(H,47,52,54)/t25-,26+,27-,29+,30+,31-,32+/m0/s1. The van der Waals surface area contributed by atoms with Crippen LogP contribution in [0.2, 0.25) is 0 Å². The van der Waals surface area contributed by atoms with E-state index in [2.05, 4.69) is 37.2 Å². The predicted octanol–water partition coefficient (Wildman–Crippen LogP) is 3.32. The van der Waals surface area contributed by atoms with Gasteiger partial charge in [-0.2, -0.15) is 0 Å². The molecule has 0 heterocycles. The van der Waals surface area contributed by atoms with E-state index in [0.717, 1.165) is 31.2 Å². The van der Waals surface area contributed by atoms with Crippen LogP contribution in [-0.4, -0.2) is 89.6 Å². The maximum atomic E-state index is 13.8. The van der Waals surface area contributed by atoms with Crippen molar-refractivity contribution in [2.24, 2.45) is 11.8 Å². The first kappa shape index (κ1) is 47.6. The van der Waals surface area contributed by atoms with Gasteiger partial charge < -0.3 is 36.1 Å². The SMILES string of the molecule is CC(C)C[C@H](N[C@@H]1CCCC[C@H]1N[C@@H](C)C(=O)N[C@H](C)C(=O)N[C@@H](C)C(=O)NC(=O)OCc1ccccc1)C(=O)N[C@H](CC(C)C)C(=O)NC(=O)OC(C)(C)C. The lowest BCUT2D eigenvalue weighted by Crippen LogP contribution is -2.61. The van der Waals surface area contributed by atoms with Gasteiger partial charge in [0.25, 0.3) is 11.8 Å². The molecule has 7 atom stereocenters. The molecule has 0 aromatic heterocycles. The Kier molecular flexibility index (Phi) is 19.4. The number of imide groups is 2. The number of ether oxygens (including phenoxy) is 2. The molecule has 16 nitrogen and oxygen atoms in total. The summed E-state index contributed by atoms with van der Waals surface area (Å²) in [6, 6.07) is 4.13. The minimum Gasteiger partial charge on any atom is -0.444 e. The molecule has 1 saturated carbocycles. The van der Waals surface area contributed by atoms with Gasteiger partial charge in [0.15, 0.2) is 0 Å². The van der Waals surface area contributed by atoms with Gasteiger partial charge in [-0.25, -0.2) is 9.59 Å². The van der Waals surface area contributed by atoms with Gasteiger partial charge in [-0.3, -0.25) is 34.6 Å². The summed E-state index contributed by atoms with van der Waals surface area (Å²) in [5.41, 5.74) is -0.0561. The van der Waals surface area contributed by atoms with Gasteiger partial charge in [-0.05, 0) is 84.6 Å². The van der Waals surface area contributed by atoms with E-state index in [1.807, 2.05) is 33.8 Å². The Morgan fingerprint density at radius 2 is 1.11 bits per heavy atom. The third-order valence-corrected chi connectivity index (χ3v) is 8.97. The van der Waals surface area contributed by atoms with E-state index in [0.29, 0.717) is 12.8 Å². The van der Waals surface area contributed by atoms with E-state index in [4.69, 9.17) is 9.47 Å². The maximum Gasteiger partial charge on any atom is 0.414 e. The Morgan fingerprint density at radius 3 is 1.66 bits per heavy atom. The molecule has 314 valence electrons. The molecule has 2 rings (SSSR count). The van der Waals surface area contributed by atoms with Crippen molar-refractivity contribution in [1.82, 2.24) is 37.2 Å². The van der Waals surface area contributed by atoms with E-state index >= 15 is 0 Å². The molecular weight excluding hydrogens is 722 g/mol. The summed E-state index contributed by atoms with van der Waals surface area (Å²) in [5, 5.41) is 19.3. The van der Waals surface area contributed by atoms with Crippen LogP contribution in [0.4, 0.5) is 9.59 Å². The van der Waals surface area contributed by atoms with Crippen molar-refractivity contribution in [3.8, 4) is 0 Å². The van der Waals surface area contributed by atoms with E-state index in [1.54, 1.807) is 52.0 Å². The highest BCUT2D eigenvalue weighted by Crippen LogP contribution is 2.21. The summed E-state index contributed by atoms with van der Waals surface area (Å²) >= 11 is 0. The average molecular weight is 788 g/mol. The fourth-order valence-electron chi connectivity index (χ4n) is 6.15. The van der Waals surface area contributed by atoms with Crippen molar-refractivity contribution >= 4 is 41.7 Å². The Morgan fingerprint density at radius 1 is 0.607 bits per heavy atom. The second-order valence-corrected chi connectivity index (χ2v) is 16.4. The number of carbonyl (C=O) groups excluding carboxylic acids is 7. The Bertz CT molecular complexity index is 1480. The zero-order valence-corrected chi connectivity index (χ0v) is 34.7. The van der Waals surface area contributed by atoms with Crippen molar-refractivity contribution in [2.45, 2.75) is 162 Å². The van der Waals surface area contributed by atoms with E-state index in [9.17, 15) is 33.6 Å². The minimum atomic E-state index is -1.09. The van der Waals surface area contributed by atoms with Crippen LogP contribution >= 0.6 is 0 Å². The maximum absolute atomic E-state index is 13.8. The number of nitrogens with one attached hydrogen (secondary N) is 7. The minimum absolute atomic E-state index is 0.0286. The monoisotopic (exact) mass is 787 g/mol. The number of hydrogen-bond acceptors (Lipinski definition) is 11. The molecule has 0 unspecified atom stereocenters. The highest BCUT2D eigenvalue weighted by molar-refractivity contribution is 5.98. The Labute approximate surface area is 331 Å². The van der Waals surface area contributed by atoms with E-state index < -0.39 is 71.6 Å². The second kappa shape index (κ2) is 22.9. The van der Waals surface area contributed by atoms with Crippen LogP contribution in [0.1, 0.15) is 113 Å². The molecule has 0 radical (unpaired) electrons. The van der Waals surface area contributed by atoms with Gasteiger partial charge in [-0.15, -0.1) is 0 Å². The number of carbonyl (C=O) groups is 7. The number of alkyl carbamates (subject to hydrolysis) is 2. The number of amides is 7. The summed E-state index contributed by atoms with van der Waals surface area (Å²) in [5.74, 6) is -2.69. The van der Waals surface area contributed by atoms with Crippen LogP contribution in [-0.2, 0) is 40.1 Å². The average Bonchev–Trinajstić information content (AvgIpc) is 3.09. The summed E-state index contributed by atoms with van der Waals surface area (Å²) in [6.45, 7) is 17.4. The molecule has 0 aliphatic heterocycles. The topological polar surface area (TPSA) is 222 Å². The van der Waals surface area contributed by atoms with Crippen LogP contribution in [0.3, 0.4) is 0 Å². The van der Waals surface area contributed by atoms with Crippen LogP contribution in [0.25, 0.3) is 0 Å². The fraction of sp³-hybridized carbons (Fsp3) is 0.675. The smallest absolute Gasteiger partial charge is 0.414 e. The fourth-order valence-corrected chi connectivity index (χ4v) is 6.15. The second-order valence-electron chi connectivity index (χ2n) is 16.4. The van der Waals surface area contributed by atoms with Crippen LogP contribution in [0, 0.1) is 11.8 Å². The normalized spacial score (nSPS) is 18.4. The summed E-state index contributed by atoms with van der Waals surface area (Å²) in [4.78, 5) is 90.0. The largest absolute Gasteiger partial charge is 0.444 e. The van der Waals surface area contributed by atoms with Crippen molar-refractivity contribution in [1.29, 1.82) is 0 Å². The predicted molar refractivity (Wildman–Crippen MR) is 211 cm³/mol. The molecule has 0 saturated heterocycles. The molecule has 0 spiro atoms. The van der Waals surface area contributed by atoms with Crippen molar-refractivity contribution in [3.05, 3.63) is 35.9 Å². The zero-order valence-electron chi connectivity index (χ0n) is 34.7. The number of hydrogen-bond donors (Lipinski definition) is 7. The molecule has 16 heteroatoms. The number of benzene rings is 1. The van der Waals surface area contributed by atoms with Gasteiger partial charge >= 0.3 is 12.2 Å². The molecule has 1 aromatic rings. The molecule has 1 aromatic carbocycles. The highest BCUT2D eigenvalue weighted by atomic mass is 16.6. The molecule has 1 aliphatic rings. The van der Waals surface area contributed by atoms with Gasteiger partial charge in [0.05, 0.1) is 12.1 Å². The molecule has 1 aliphatic carbocycles. The molecule has 0 bridgehead atoms. The lowest BCUT2D eigenvalue weighted by molar-refractivity contribution is -0.131. The van der Waals surface area contributed by atoms with Gasteiger partial charge in [-0.1, -0.05) is 70.9 Å². The molecule has 7 amide bonds. The highest BCUT2D eigenvalue weighted by Gasteiger charge is 2.34. The van der Waals surface area contributed by atoms with Crippen molar-refractivity contribution < 1.29 is 43.0 Å². The molecule has 56 heavy (non-hydrogen) atoms. The van der Waals surface area contributed by atoms with Crippen LogP contribution in [0.15, 0.2) is 30.3 Å². The molecule has 1 fully saturated rings. The quantitative estimate of drug-likeness (QED) is 0.114. The first-order valence-corrected chi connectivity index (χ1v) is 19.6. The third-order valence-electron chi connectivity index (χ3n) is 8.97. The first-order chi connectivity index (χ1) is 26.1.